The van der Waals surface area contributed by atoms with Crippen molar-refractivity contribution in [3.8, 4) is 6.07 Å². The molecule has 0 atom stereocenters. The highest BCUT2D eigenvalue weighted by Crippen LogP contribution is 2.24. The van der Waals surface area contributed by atoms with Gasteiger partial charge in [0.15, 0.2) is 0 Å². The number of nitriles is 1. The van der Waals surface area contributed by atoms with E-state index in [1.165, 1.54) is 0 Å². The highest BCUT2D eigenvalue weighted by molar-refractivity contribution is 5.59. The minimum Gasteiger partial charge on any atom is -0.399 e. The predicted octanol–water partition coefficient (Wildman–Crippen LogP) is 3.27. The lowest BCUT2D eigenvalue weighted by atomic mass is 10.1. The summed E-state index contributed by atoms with van der Waals surface area (Å²) >= 11 is 0. The minimum absolute atomic E-state index is 0.606. The van der Waals surface area contributed by atoms with E-state index in [1.54, 1.807) is 30.6 Å². The van der Waals surface area contributed by atoms with Gasteiger partial charge in [0.25, 0.3) is 0 Å². The number of hydrogen-bond acceptors (Lipinski definition) is 5. The van der Waals surface area contributed by atoms with Crippen molar-refractivity contribution in [2.45, 2.75) is 6.54 Å². The number of rotatable bonds is 4. The molecule has 0 saturated heterocycles. The third-order valence-corrected chi connectivity index (χ3v) is 3.42. The molecular formula is C18H15N5. The number of hydrogen-bond donors (Lipinski definition) is 1. The van der Waals surface area contributed by atoms with Gasteiger partial charge in [0.2, 0.25) is 5.95 Å². The Morgan fingerprint density at radius 2 is 1.61 bits per heavy atom. The summed E-state index contributed by atoms with van der Waals surface area (Å²) in [5, 5.41) is 8.95. The van der Waals surface area contributed by atoms with Crippen LogP contribution in [0.3, 0.4) is 0 Å². The highest BCUT2D eigenvalue weighted by atomic mass is 15.2. The second-order valence-electron chi connectivity index (χ2n) is 5.04. The Morgan fingerprint density at radius 1 is 0.957 bits per heavy atom. The molecule has 0 fully saturated rings. The fraction of sp³-hybridized carbons (Fsp3) is 0.0556. The van der Waals surface area contributed by atoms with Gasteiger partial charge in [-0.05, 0) is 48.0 Å². The van der Waals surface area contributed by atoms with Crippen LogP contribution >= 0.6 is 0 Å². The molecule has 0 spiro atoms. The molecule has 1 aromatic heterocycles. The first-order valence-electron chi connectivity index (χ1n) is 7.15. The quantitative estimate of drug-likeness (QED) is 0.748. The first-order chi connectivity index (χ1) is 11.3. The SMILES string of the molecule is N#Cc1ccc(N(Cc2ccc(N)cc2)c2ncccn2)cc1. The Kier molecular flexibility index (Phi) is 4.16. The molecule has 0 aliphatic rings. The van der Waals surface area contributed by atoms with Gasteiger partial charge in [0.1, 0.15) is 0 Å². The summed E-state index contributed by atoms with van der Waals surface area (Å²) in [6.45, 7) is 0.607. The zero-order valence-corrected chi connectivity index (χ0v) is 12.4. The molecular weight excluding hydrogens is 286 g/mol. The van der Waals surface area contributed by atoms with Crippen LogP contribution in [0.15, 0.2) is 67.0 Å². The molecule has 112 valence electrons. The maximum absolute atomic E-state index is 8.95. The molecule has 23 heavy (non-hydrogen) atoms. The molecule has 2 N–H and O–H groups in total. The van der Waals surface area contributed by atoms with Crippen molar-refractivity contribution in [3.05, 3.63) is 78.1 Å². The molecule has 2 aromatic carbocycles. The van der Waals surface area contributed by atoms with Crippen molar-refractivity contribution in [2.75, 3.05) is 10.6 Å². The lowest BCUT2D eigenvalue weighted by molar-refractivity contribution is 0.911. The topological polar surface area (TPSA) is 78.8 Å². The van der Waals surface area contributed by atoms with Gasteiger partial charge >= 0.3 is 0 Å². The van der Waals surface area contributed by atoms with Crippen molar-refractivity contribution in [3.63, 3.8) is 0 Å². The summed E-state index contributed by atoms with van der Waals surface area (Å²) in [5.41, 5.74) is 9.11. The van der Waals surface area contributed by atoms with E-state index in [2.05, 4.69) is 16.0 Å². The average molecular weight is 301 g/mol. The van der Waals surface area contributed by atoms with Crippen LogP contribution in [-0.4, -0.2) is 9.97 Å². The lowest BCUT2D eigenvalue weighted by Crippen LogP contribution is -2.18. The Balaban J connectivity index is 1.96. The third-order valence-electron chi connectivity index (χ3n) is 3.42. The van der Waals surface area contributed by atoms with Gasteiger partial charge in [-0.2, -0.15) is 5.26 Å². The summed E-state index contributed by atoms with van der Waals surface area (Å²) < 4.78 is 0. The number of nitrogens with two attached hydrogens (primary N) is 1. The summed E-state index contributed by atoms with van der Waals surface area (Å²) in [7, 11) is 0. The van der Waals surface area contributed by atoms with Crippen molar-refractivity contribution in [2.24, 2.45) is 0 Å². The molecule has 1 heterocycles. The Hall–Kier alpha value is -3.39. The number of nitrogen functional groups attached to an aromatic ring is 1. The van der Waals surface area contributed by atoms with Gasteiger partial charge in [0.05, 0.1) is 18.2 Å². The molecule has 0 bridgehead atoms. The molecule has 5 heteroatoms. The number of aromatic nitrogens is 2. The average Bonchev–Trinajstić information content (AvgIpc) is 2.62. The van der Waals surface area contributed by atoms with Crippen LogP contribution < -0.4 is 10.6 Å². The zero-order valence-electron chi connectivity index (χ0n) is 12.4. The van der Waals surface area contributed by atoms with Crippen LogP contribution in [0.25, 0.3) is 0 Å². The summed E-state index contributed by atoms with van der Waals surface area (Å²) in [6, 6.07) is 19.0. The van der Waals surface area contributed by atoms with E-state index in [0.29, 0.717) is 18.1 Å². The first kappa shape index (κ1) is 14.5. The highest BCUT2D eigenvalue weighted by Gasteiger charge is 2.12. The van der Waals surface area contributed by atoms with Crippen LogP contribution in [0.1, 0.15) is 11.1 Å². The van der Waals surface area contributed by atoms with E-state index in [9.17, 15) is 0 Å². The normalized spacial score (nSPS) is 10.0. The van der Waals surface area contributed by atoms with Crippen LogP contribution in [0.2, 0.25) is 0 Å². The Morgan fingerprint density at radius 3 is 2.22 bits per heavy atom. The summed E-state index contributed by atoms with van der Waals surface area (Å²) in [4.78, 5) is 10.7. The Labute approximate surface area is 134 Å². The fourth-order valence-corrected chi connectivity index (χ4v) is 2.23. The maximum Gasteiger partial charge on any atom is 0.230 e. The molecule has 0 aliphatic carbocycles. The van der Waals surface area contributed by atoms with E-state index in [-0.39, 0.29) is 0 Å². The smallest absolute Gasteiger partial charge is 0.230 e. The maximum atomic E-state index is 8.95. The number of anilines is 3. The Bertz CT molecular complexity index is 805. The molecule has 0 aliphatic heterocycles. The minimum atomic E-state index is 0.606. The molecule has 0 saturated carbocycles. The van der Waals surface area contributed by atoms with Gasteiger partial charge in [-0.25, -0.2) is 9.97 Å². The van der Waals surface area contributed by atoms with E-state index >= 15 is 0 Å². The largest absolute Gasteiger partial charge is 0.399 e. The predicted molar refractivity (Wildman–Crippen MR) is 89.9 cm³/mol. The standard InChI is InChI=1S/C18H15N5/c19-12-14-4-8-17(9-5-14)23(18-21-10-1-11-22-18)13-15-2-6-16(20)7-3-15/h1-11H,13,20H2. The monoisotopic (exact) mass is 301 g/mol. The molecule has 3 aromatic rings. The van der Waals surface area contributed by atoms with E-state index in [0.717, 1.165) is 16.9 Å². The second kappa shape index (κ2) is 6.58. The first-order valence-corrected chi connectivity index (χ1v) is 7.15. The van der Waals surface area contributed by atoms with Crippen molar-refractivity contribution in [1.82, 2.24) is 9.97 Å². The van der Waals surface area contributed by atoms with Crippen molar-refractivity contribution in [1.29, 1.82) is 5.26 Å². The van der Waals surface area contributed by atoms with Gasteiger partial charge in [-0.15, -0.1) is 0 Å². The zero-order chi connectivity index (χ0) is 16.1. The summed E-state index contributed by atoms with van der Waals surface area (Å²) in [5.74, 6) is 0.606. The van der Waals surface area contributed by atoms with Gasteiger partial charge < -0.3 is 10.6 Å². The molecule has 5 nitrogen and oxygen atoms in total. The van der Waals surface area contributed by atoms with Crippen LogP contribution in [0.4, 0.5) is 17.3 Å². The van der Waals surface area contributed by atoms with Crippen molar-refractivity contribution < 1.29 is 0 Å². The van der Waals surface area contributed by atoms with Crippen LogP contribution in [0.5, 0.6) is 0 Å². The van der Waals surface area contributed by atoms with Crippen LogP contribution in [0, 0.1) is 11.3 Å². The number of benzene rings is 2. The lowest BCUT2D eigenvalue weighted by Gasteiger charge is -2.22. The van der Waals surface area contributed by atoms with E-state index in [1.807, 2.05) is 41.3 Å². The van der Waals surface area contributed by atoms with Gasteiger partial charge in [-0.1, -0.05) is 12.1 Å². The van der Waals surface area contributed by atoms with Crippen molar-refractivity contribution >= 4 is 17.3 Å². The fourth-order valence-electron chi connectivity index (χ4n) is 2.23. The van der Waals surface area contributed by atoms with Gasteiger partial charge in [0, 0.05) is 23.8 Å². The molecule has 0 unspecified atom stereocenters. The summed E-state index contributed by atoms with van der Waals surface area (Å²) in [6.07, 6.45) is 3.42. The molecule has 3 rings (SSSR count). The second-order valence-corrected chi connectivity index (χ2v) is 5.04. The van der Waals surface area contributed by atoms with Gasteiger partial charge in [-0.3, -0.25) is 0 Å². The molecule has 0 radical (unpaired) electrons. The van der Waals surface area contributed by atoms with E-state index in [4.69, 9.17) is 11.0 Å². The molecule has 0 amide bonds. The number of nitrogens with zero attached hydrogens (tertiary/aromatic N) is 4. The van der Waals surface area contributed by atoms with E-state index < -0.39 is 0 Å². The third kappa shape index (κ3) is 3.44. The van der Waals surface area contributed by atoms with Crippen LogP contribution in [-0.2, 0) is 6.54 Å².